The molecule has 3 aromatic carbocycles. The molecule has 2 heterocycles. The average Bonchev–Trinajstić information content (AvgIpc) is 3.06. The molecule has 5 rings (SSSR count). The van der Waals surface area contributed by atoms with Gasteiger partial charge in [-0.05, 0) is 35.7 Å². The molecule has 0 aliphatic carbocycles. The summed E-state index contributed by atoms with van der Waals surface area (Å²) in [4.78, 5) is 5.08. The normalized spacial score (nSPS) is 11.2. The predicted octanol–water partition coefficient (Wildman–Crippen LogP) is 6.16. The first kappa shape index (κ1) is 17.5. The van der Waals surface area contributed by atoms with Crippen LogP contribution in [0.4, 0.5) is 5.82 Å². The van der Waals surface area contributed by atoms with Gasteiger partial charge in [0.15, 0.2) is 0 Å². The highest BCUT2D eigenvalue weighted by Gasteiger charge is 2.14. The van der Waals surface area contributed by atoms with Gasteiger partial charge >= 0.3 is 0 Å². The number of aromatic nitrogens is 2. The van der Waals surface area contributed by atoms with E-state index in [-0.39, 0.29) is 0 Å². The van der Waals surface area contributed by atoms with Crippen LogP contribution in [-0.2, 0) is 13.1 Å². The van der Waals surface area contributed by atoms with Crippen molar-refractivity contribution < 1.29 is 0 Å². The fourth-order valence-corrected chi connectivity index (χ4v) is 3.95. The molecule has 1 N–H and O–H groups in total. The first-order chi connectivity index (χ1) is 14.3. The second kappa shape index (κ2) is 7.44. The lowest BCUT2D eigenvalue weighted by Gasteiger charge is -2.11. The lowest BCUT2D eigenvalue weighted by Crippen LogP contribution is -2.05. The van der Waals surface area contributed by atoms with E-state index in [0.717, 1.165) is 30.1 Å². The van der Waals surface area contributed by atoms with Gasteiger partial charge in [0, 0.05) is 23.9 Å². The first-order valence-corrected chi connectivity index (χ1v) is 10.00. The molecule has 0 aliphatic heterocycles. The minimum absolute atomic E-state index is 0.763. The summed E-state index contributed by atoms with van der Waals surface area (Å²) in [6.45, 7) is 3.70. The summed E-state index contributed by atoms with van der Waals surface area (Å²) in [6, 6.07) is 31.9. The third kappa shape index (κ3) is 3.36. The summed E-state index contributed by atoms with van der Waals surface area (Å²) < 4.78 is 2.33. The highest BCUT2D eigenvalue weighted by molar-refractivity contribution is 6.07. The zero-order valence-electron chi connectivity index (χ0n) is 16.5. The van der Waals surface area contributed by atoms with Gasteiger partial charge in [-0.1, -0.05) is 78.9 Å². The molecule has 0 bridgehead atoms. The molecular weight excluding hydrogens is 354 g/mol. The molecule has 3 nitrogen and oxygen atoms in total. The Labute approximate surface area is 170 Å². The molecule has 5 aromatic rings. The van der Waals surface area contributed by atoms with Crippen molar-refractivity contribution in [1.29, 1.82) is 0 Å². The number of nitrogens with zero attached hydrogens (tertiary/aromatic N) is 2. The van der Waals surface area contributed by atoms with E-state index in [1.807, 2.05) is 6.07 Å². The monoisotopic (exact) mass is 377 g/mol. The molecule has 2 aromatic heterocycles. The maximum atomic E-state index is 5.08. The smallest absolute Gasteiger partial charge is 0.143 e. The summed E-state index contributed by atoms with van der Waals surface area (Å²) in [5.41, 5.74) is 5.93. The average molecular weight is 377 g/mol. The number of aryl methyl sites for hydroxylation is 1. The topological polar surface area (TPSA) is 29.9 Å². The Kier molecular flexibility index (Phi) is 4.49. The highest BCUT2D eigenvalue weighted by atomic mass is 15.1. The van der Waals surface area contributed by atoms with Crippen LogP contribution in [0.2, 0.25) is 0 Å². The van der Waals surface area contributed by atoms with E-state index in [0.29, 0.717) is 0 Å². The van der Waals surface area contributed by atoms with Crippen LogP contribution in [0, 0.1) is 6.92 Å². The van der Waals surface area contributed by atoms with Crippen molar-refractivity contribution in [1.82, 2.24) is 9.55 Å². The van der Waals surface area contributed by atoms with Crippen LogP contribution in [0.25, 0.3) is 21.9 Å². The number of fused-ring (bicyclic) bond motifs is 3. The molecular formula is C26H23N3. The maximum Gasteiger partial charge on any atom is 0.143 e. The Bertz CT molecular complexity index is 1270. The van der Waals surface area contributed by atoms with E-state index in [1.54, 1.807) is 0 Å². The Balaban J connectivity index is 1.61. The van der Waals surface area contributed by atoms with Crippen LogP contribution in [0.5, 0.6) is 0 Å². The van der Waals surface area contributed by atoms with Crippen LogP contribution in [0.3, 0.4) is 0 Å². The van der Waals surface area contributed by atoms with Crippen molar-refractivity contribution >= 4 is 27.8 Å². The van der Waals surface area contributed by atoms with Crippen molar-refractivity contribution in [2.75, 3.05) is 5.32 Å². The SMILES string of the molecule is Cc1cc2c3ccccc3n(Cc3ccccc3)c2nc1NCc1ccccc1. The fourth-order valence-electron chi connectivity index (χ4n) is 3.95. The van der Waals surface area contributed by atoms with Gasteiger partial charge in [-0.2, -0.15) is 0 Å². The fraction of sp³-hybridized carbons (Fsp3) is 0.115. The summed E-state index contributed by atoms with van der Waals surface area (Å²) in [7, 11) is 0. The Morgan fingerprint density at radius 2 is 1.41 bits per heavy atom. The van der Waals surface area contributed by atoms with Crippen LogP contribution < -0.4 is 5.32 Å². The van der Waals surface area contributed by atoms with E-state index in [9.17, 15) is 0 Å². The summed E-state index contributed by atoms with van der Waals surface area (Å²) >= 11 is 0. The molecule has 0 saturated carbocycles. The van der Waals surface area contributed by atoms with Gasteiger partial charge in [-0.3, -0.25) is 0 Å². The van der Waals surface area contributed by atoms with Gasteiger partial charge in [0.05, 0.1) is 5.52 Å². The van der Waals surface area contributed by atoms with E-state index < -0.39 is 0 Å². The predicted molar refractivity (Wildman–Crippen MR) is 121 cm³/mol. The second-order valence-electron chi connectivity index (χ2n) is 7.45. The van der Waals surface area contributed by atoms with Crippen molar-refractivity contribution in [3.8, 4) is 0 Å². The van der Waals surface area contributed by atoms with Gasteiger partial charge < -0.3 is 9.88 Å². The number of anilines is 1. The van der Waals surface area contributed by atoms with Gasteiger partial charge in [0.25, 0.3) is 0 Å². The maximum absolute atomic E-state index is 5.08. The summed E-state index contributed by atoms with van der Waals surface area (Å²) in [5.74, 6) is 0.943. The first-order valence-electron chi connectivity index (χ1n) is 10.00. The standard InChI is InChI=1S/C26H23N3/c1-19-16-23-22-14-8-9-15-24(22)29(18-21-12-6-3-7-13-21)26(23)28-25(19)27-17-20-10-4-2-5-11-20/h2-16H,17-18H2,1H3,(H,27,28). The zero-order valence-corrected chi connectivity index (χ0v) is 16.5. The lowest BCUT2D eigenvalue weighted by atomic mass is 10.1. The largest absolute Gasteiger partial charge is 0.366 e. The van der Waals surface area contributed by atoms with E-state index >= 15 is 0 Å². The van der Waals surface area contributed by atoms with Crippen LogP contribution in [-0.4, -0.2) is 9.55 Å². The molecule has 0 spiro atoms. The van der Waals surface area contributed by atoms with E-state index in [2.05, 4.69) is 102 Å². The number of para-hydroxylation sites is 1. The van der Waals surface area contributed by atoms with Gasteiger partial charge in [0.1, 0.15) is 11.5 Å². The number of pyridine rings is 1. The molecule has 0 amide bonds. The van der Waals surface area contributed by atoms with Gasteiger partial charge in [0.2, 0.25) is 0 Å². The lowest BCUT2D eigenvalue weighted by molar-refractivity contribution is 0.855. The molecule has 29 heavy (non-hydrogen) atoms. The minimum atomic E-state index is 0.763. The molecule has 0 unspecified atom stereocenters. The Hall–Kier alpha value is -3.59. The molecule has 0 saturated heterocycles. The van der Waals surface area contributed by atoms with Crippen molar-refractivity contribution in [2.24, 2.45) is 0 Å². The number of hydrogen-bond acceptors (Lipinski definition) is 2. The highest BCUT2D eigenvalue weighted by Crippen LogP contribution is 2.31. The van der Waals surface area contributed by atoms with Crippen LogP contribution >= 0.6 is 0 Å². The van der Waals surface area contributed by atoms with Crippen LogP contribution in [0.15, 0.2) is 91.0 Å². The zero-order chi connectivity index (χ0) is 19.6. The molecule has 0 atom stereocenters. The molecule has 3 heteroatoms. The summed E-state index contributed by atoms with van der Waals surface area (Å²) in [6.07, 6.45) is 0. The third-order valence-corrected chi connectivity index (χ3v) is 5.42. The molecule has 142 valence electrons. The third-order valence-electron chi connectivity index (χ3n) is 5.42. The van der Waals surface area contributed by atoms with Crippen molar-refractivity contribution in [2.45, 2.75) is 20.0 Å². The minimum Gasteiger partial charge on any atom is -0.366 e. The van der Waals surface area contributed by atoms with E-state index in [1.165, 1.54) is 27.4 Å². The van der Waals surface area contributed by atoms with Gasteiger partial charge in [-0.15, -0.1) is 0 Å². The van der Waals surface area contributed by atoms with Crippen molar-refractivity contribution in [3.63, 3.8) is 0 Å². The number of hydrogen-bond donors (Lipinski definition) is 1. The number of nitrogens with one attached hydrogen (secondary N) is 1. The Morgan fingerprint density at radius 1 is 0.759 bits per heavy atom. The van der Waals surface area contributed by atoms with E-state index in [4.69, 9.17) is 4.98 Å². The van der Waals surface area contributed by atoms with Crippen LogP contribution in [0.1, 0.15) is 16.7 Å². The summed E-state index contributed by atoms with van der Waals surface area (Å²) in [5, 5.41) is 5.99. The second-order valence-corrected chi connectivity index (χ2v) is 7.45. The van der Waals surface area contributed by atoms with Gasteiger partial charge in [-0.25, -0.2) is 4.98 Å². The molecule has 0 aliphatic rings. The van der Waals surface area contributed by atoms with Crippen molar-refractivity contribution in [3.05, 3.63) is 108 Å². The molecule has 0 radical (unpaired) electrons. The number of benzene rings is 3. The number of rotatable bonds is 5. The molecule has 0 fully saturated rings. The Morgan fingerprint density at radius 3 is 2.17 bits per heavy atom. The quantitative estimate of drug-likeness (QED) is 0.398.